The maximum absolute atomic E-state index is 12.8. The van der Waals surface area contributed by atoms with Crippen LogP contribution < -0.4 is 0 Å². The number of esters is 1. The highest BCUT2D eigenvalue weighted by atomic mass is 32.3. The lowest BCUT2D eigenvalue weighted by Gasteiger charge is -2.61. The summed E-state index contributed by atoms with van der Waals surface area (Å²) in [6.45, 7) is 17.6. The van der Waals surface area contributed by atoms with E-state index in [1.54, 1.807) is 0 Å². The summed E-state index contributed by atoms with van der Waals surface area (Å²) in [4.78, 5) is 12.8. The Morgan fingerprint density at radius 3 is 2.06 bits per heavy atom. The first-order chi connectivity index (χ1) is 29.6. The predicted molar refractivity (Wildman–Crippen MR) is 268 cm³/mol. The molecule has 0 aromatic heterocycles. The van der Waals surface area contributed by atoms with Crippen LogP contribution in [0.3, 0.4) is 0 Å². The van der Waals surface area contributed by atoms with E-state index >= 15 is 0 Å². The van der Waals surface area contributed by atoms with Crippen LogP contribution in [0.5, 0.6) is 0 Å². The van der Waals surface area contributed by atoms with Crippen molar-refractivity contribution < 1.29 is 22.6 Å². The molecule has 62 heavy (non-hydrogen) atoms. The quantitative estimate of drug-likeness (QED) is 0.0236. The summed E-state index contributed by atoms with van der Waals surface area (Å²) in [7, 11) is 4.04. The van der Waals surface area contributed by atoms with Gasteiger partial charge in [-0.1, -0.05) is 116 Å². The molecule has 0 spiro atoms. The molecule has 4 aliphatic rings. The van der Waals surface area contributed by atoms with E-state index in [-0.39, 0.29) is 18.4 Å². The molecule has 0 bridgehead atoms. The standard InChI is InChI=1S/C55H99BO5S/c1-10-11-12-13-14-15-16-17-18-19-20-21-22-23-25-28-41-58-51(61-62(8,9)59-42-29-26-24-27-40-56)35-30-44(2)48-33-34-49-47-32-31-45-43-46(60-52(57)53(3,4)5)36-38-54(45,6)50(47)37-39-55(48,49)7/h14-15,17-18,44-51H,10-13,16,19-43H2,1-9H3/b15-14-,18-17-/t44-,45?,46-,47?,48?,49?,50?,51?,54?,55?/m1/s1. The number of hydrogen-bond acceptors (Lipinski definition) is 5. The summed E-state index contributed by atoms with van der Waals surface area (Å²) in [5, 5.41) is 0. The van der Waals surface area contributed by atoms with E-state index < -0.39 is 16.0 Å². The van der Waals surface area contributed by atoms with E-state index in [0.717, 1.165) is 101 Å². The number of rotatable bonds is 30. The van der Waals surface area contributed by atoms with Crippen LogP contribution in [0.1, 0.15) is 222 Å². The molecule has 358 valence electrons. The molecule has 4 aliphatic carbocycles. The van der Waals surface area contributed by atoms with Gasteiger partial charge in [-0.25, -0.2) is 0 Å². The first-order valence-corrected chi connectivity index (χ1v) is 28.8. The third-order valence-electron chi connectivity index (χ3n) is 16.6. The van der Waals surface area contributed by atoms with Crippen LogP contribution in [-0.4, -0.2) is 51.9 Å². The maximum atomic E-state index is 12.8. The van der Waals surface area contributed by atoms with Crippen LogP contribution in [0.4, 0.5) is 0 Å². The zero-order chi connectivity index (χ0) is 45.1. The molecule has 4 fully saturated rings. The lowest BCUT2D eigenvalue weighted by Crippen LogP contribution is -2.54. The third kappa shape index (κ3) is 16.8. The molecule has 0 aromatic rings. The number of fused-ring (bicyclic) bond motifs is 5. The second kappa shape index (κ2) is 27.2. The topological polar surface area (TPSA) is 54.0 Å². The Hall–Kier alpha value is -0.755. The first-order valence-electron chi connectivity index (χ1n) is 26.5. The molecule has 10 atom stereocenters. The van der Waals surface area contributed by atoms with Crippen LogP contribution >= 0.6 is 10.6 Å². The van der Waals surface area contributed by atoms with Crippen LogP contribution in [0, 0.1) is 51.8 Å². The van der Waals surface area contributed by atoms with Gasteiger partial charge in [-0.05, 0) is 176 Å². The normalized spacial score (nSPS) is 30.3. The maximum Gasteiger partial charge on any atom is 0.311 e. The highest BCUT2D eigenvalue weighted by Gasteiger charge is 2.60. The van der Waals surface area contributed by atoms with Gasteiger partial charge in [-0.2, -0.15) is 10.6 Å². The van der Waals surface area contributed by atoms with E-state index in [0.29, 0.717) is 22.7 Å². The Morgan fingerprint density at radius 1 is 0.742 bits per heavy atom. The molecule has 0 aromatic carbocycles. The molecule has 2 radical (unpaired) electrons. The van der Waals surface area contributed by atoms with Crippen molar-refractivity contribution in [3.05, 3.63) is 24.3 Å². The minimum absolute atomic E-state index is 0.0285. The Balaban J connectivity index is 1.23. The van der Waals surface area contributed by atoms with Crippen molar-refractivity contribution in [1.82, 2.24) is 0 Å². The van der Waals surface area contributed by atoms with Gasteiger partial charge in [0.05, 0.1) is 19.9 Å². The summed E-state index contributed by atoms with van der Waals surface area (Å²) in [6, 6.07) is 0. The van der Waals surface area contributed by atoms with Crippen molar-refractivity contribution >= 4 is 24.4 Å². The number of carbonyl (C=O) groups excluding carboxylic acids is 1. The molecule has 8 unspecified atom stereocenters. The molecule has 4 saturated carbocycles. The Kier molecular flexibility index (Phi) is 23.6. The van der Waals surface area contributed by atoms with Crippen molar-refractivity contribution in [3.8, 4) is 0 Å². The summed E-state index contributed by atoms with van der Waals surface area (Å²) in [5.41, 5.74) is 0.395. The van der Waals surface area contributed by atoms with Crippen molar-refractivity contribution in [3.63, 3.8) is 0 Å². The average molecular weight is 883 g/mol. The zero-order valence-electron chi connectivity index (χ0n) is 42.2. The van der Waals surface area contributed by atoms with Crippen LogP contribution in [0.25, 0.3) is 0 Å². The number of allylic oxidation sites excluding steroid dienone is 4. The van der Waals surface area contributed by atoms with Gasteiger partial charge in [0.25, 0.3) is 0 Å². The van der Waals surface area contributed by atoms with Gasteiger partial charge in [0, 0.05) is 25.5 Å². The van der Waals surface area contributed by atoms with Crippen LogP contribution in [-0.2, 0) is 22.6 Å². The molecule has 4 rings (SSSR count). The minimum atomic E-state index is -1.67. The molecule has 0 saturated heterocycles. The molecule has 7 heteroatoms. The predicted octanol–water partition coefficient (Wildman–Crippen LogP) is 16.3. The smallest absolute Gasteiger partial charge is 0.311 e. The molecular weight excluding hydrogens is 783 g/mol. The van der Waals surface area contributed by atoms with Gasteiger partial charge in [-0.3, -0.25) is 13.2 Å². The molecule has 0 amide bonds. The SMILES string of the molecule is [B]CCCCCCOS(C)(C)OC(CC[C@@H](C)C1CCC2C3CCC4C[C@H](OC(=O)C(C)(C)C)CCC4(C)C3CCC21C)OCCCCCCCC/C=C\C/C=C\CCCCC. The van der Waals surface area contributed by atoms with Crippen molar-refractivity contribution in [2.24, 2.45) is 51.8 Å². The van der Waals surface area contributed by atoms with E-state index in [1.165, 1.54) is 116 Å². The Labute approximate surface area is 387 Å². The van der Waals surface area contributed by atoms with Crippen molar-refractivity contribution in [1.29, 1.82) is 0 Å². The highest BCUT2D eigenvalue weighted by Crippen LogP contribution is 2.68. The van der Waals surface area contributed by atoms with E-state index in [1.807, 2.05) is 20.8 Å². The molecule has 0 N–H and O–H groups in total. The van der Waals surface area contributed by atoms with Gasteiger partial charge in [0.1, 0.15) is 6.10 Å². The average Bonchev–Trinajstić information content (AvgIpc) is 3.59. The zero-order valence-corrected chi connectivity index (χ0v) is 43.0. The summed E-state index contributed by atoms with van der Waals surface area (Å²) in [5.74, 6) is 4.60. The van der Waals surface area contributed by atoms with Crippen LogP contribution in [0.15, 0.2) is 24.3 Å². The fourth-order valence-electron chi connectivity index (χ4n) is 12.8. The number of unbranched alkanes of at least 4 members (excludes halogenated alkanes) is 12. The lowest BCUT2D eigenvalue weighted by atomic mass is 9.44. The first kappa shape index (κ1) is 53.9. The molecule has 0 aliphatic heterocycles. The molecule has 0 heterocycles. The van der Waals surface area contributed by atoms with E-state index in [4.69, 9.17) is 25.7 Å². The highest BCUT2D eigenvalue weighted by molar-refractivity contribution is 8.24. The largest absolute Gasteiger partial charge is 0.462 e. The summed E-state index contributed by atoms with van der Waals surface area (Å²) in [6.07, 6.45) is 47.6. The van der Waals surface area contributed by atoms with Crippen molar-refractivity contribution in [2.75, 3.05) is 25.7 Å². The second-order valence-electron chi connectivity index (χ2n) is 22.6. The second-order valence-corrected chi connectivity index (χ2v) is 25.4. The number of hydrogen-bond donors (Lipinski definition) is 0. The molecular formula is C55H99BO5S. The Morgan fingerprint density at radius 2 is 1.37 bits per heavy atom. The van der Waals surface area contributed by atoms with Gasteiger partial charge in [0.2, 0.25) is 0 Å². The summed E-state index contributed by atoms with van der Waals surface area (Å²) >= 11 is 0. The molecule has 5 nitrogen and oxygen atoms in total. The van der Waals surface area contributed by atoms with E-state index in [9.17, 15) is 4.79 Å². The van der Waals surface area contributed by atoms with E-state index in [2.05, 4.69) is 64.5 Å². The number of ether oxygens (including phenoxy) is 2. The van der Waals surface area contributed by atoms with Crippen LogP contribution in [0.2, 0.25) is 6.32 Å². The fraction of sp³-hybridized carbons (Fsp3) is 0.909. The number of carbonyl (C=O) groups is 1. The third-order valence-corrected chi connectivity index (χ3v) is 18.0. The van der Waals surface area contributed by atoms with Gasteiger partial charge < -0.3 is 9.47 Å². The Bertz CT molecular complexity index is 1310. The van der Waals surface area contributed by atoms with Gasteiger partial charge in [-0.15, -0.1) is 0 Å². The summed E-state index contributed by atoms with van der Waals surface area (Å²) < 4.78 is 26.0. The lowest BCUT2D eigenvalue weighted by molar-refractivity contribution is -0.170. The monoisotopic (exact) mass is 883 g/mol. The van der Waals surface area contributed by atoms with Crippen molar-refractivity contribution in [2.45, 2.75) is 241 Å². The minimum Gasteiger partial charge on any atom is -0.462 e. The van der Waals surface area contributed by atoms with Gasteiger partial charge in [0.15, 0.2) is 6.29 Å². The van der Waals surface area contributed by atoms with Gasteiger partial charge >= 0.3 is 5.97 Å². The fourth-order valence-corrected chi connectivity index (χ4v) is 14.1.